The topological polar surface area (TPSA) is 64.6 Å². The summed E-state index contributed by atoms with van der Waals surface area (Å²) in [5, 5.41) is 2.88. The molecule has 124 valence electrons. The Bertz CT molecular complexity index is 540. The molecule has 5 nitrogen and oxygen atoms in total. The minimum absolute atomic E-state index is 0.234. The summed E-state index contributed by atoms with van der Waals surface area (Å²) < 4.78 is 24.1. The van der Waals surface area contributed by atoms with Crippen LogP contribution in [0.5, 0.6) is 5.75 Å². The highest BCUT2D eigenvalue weighted by Crippen LogP contribution is 2.49. The first-order chi connectivity index (χ1) is 10.1. The van der Waals surface area contributed by atoms with Gasteiger partial charge in [-0.25, -0.2) is 5.09 Å². The van der Waals surface area contributed by atoms with E-state index in [2.05, 4.69) is 5.09 Å². The Morgan fingerprint density at radius 1 is 1.14 bits per heavy atom. The maximum Gasteiger partial charge on any atom is 0.326 e. The molecule has 1 rings (SSSR count). The molecule has 0 aromatic heterocycles. The molecule has 0 saturated heterocycles. The number of carbonyl (C=O) groups is 1. The van der Waals surface area contributed by atoms with Crippen LogP contribution >= 0.6 is 7.52 Å². The SMILES string of the molecule is CC(C)OC(=O)C(C)(C)N[P@](=O)(Oc1ccccc1)C(C)C. The Morgan fingerprint density at radius 2 is 1.68 bits per heavy atom. The molecule has 0 aliphatic rings. The van der Waals surface area contributed by atoms with Gasteiger partial charge in [-0.2, -0.15) is 0 Å². The first-order valence-electron chi connectivity index (χ1n) is 7.42. The molecule has 0 spiro atoms. The van der Waals surface area contributed by atoms with E-state index in [9.17, 15) is 9.36 Å². The first kappa shape index (κ1) is 18.7. The molecule has 0 saturated carbocycles. The van der Waals surface area contributed by atoms with Gasteiger partial charge in [-0.15, -0.1) is 0 Å². The molecule has 1 aromatic carbocycles. The molecule has 0 heterocycles. The third-order valence-corrected chi connectivity index (χ3v) is 5.66. The van der Waals surface area contributed by atoms with Crippen LogP contribution in [0.15, 0.2) is 30.3 Å². The van der Waals surface area contributed by atoms with Crippen LogP contribution in [0.4, 0.5) is 0 Å². The Balaban J connectivity index is 2.96. The summed E-state index contributed by atoms with van der Waals surface area (Å²) in [6.07, 6.45) is -0.234. The highest BCUT2D eigenvalue weighted by molar-refractivity contribution is 7.58. The number of hydrogen-bond acceptors (Lipinski definition) is 4. The monoisotopic (exact) mass is 327 g/mol. The summed E-state index contributed by atoms with van der Waals surface area (Å²) in [7, 11) is -3.28. The Kier molecular flexibility index (Phi) is 6.21. The molecule has 0 radical (unpaired) electrons. The maximum atomic E-state index is 13.1. The highest BCUT2D eigenvalue weighted by atomic mass is 31.2. The van der Waals surface area contributed by atoms with Crippen molar-refractivity contribution in [1.82, 2.24) is 5.09 Å². The zero-order valence-electron chi connectivity index (χ0n) is 14.1. The first-order valence-corrected chi connectivity index (χ1v) is 9.11. The summed E-state index contributed by atoms with van der Waals surface area (Å²) >= 11 is 0. The summed E-state index contributed by atoms with van der Waals surface area (Å²) in [6, 6.07) is 8.92. The molecule has 0 aliphatic heterocycles. The second-order valence-corrected chi connectivity index (χ2v) is 8.92. The predicted molar refractivity (Wildman–Crippen MR) is 88.3 cm³/mol. The van der Waals surface area contributed by atoms with Crippen molar-refractivity contribution in [2.45, 2.75) is 58.8 Å². The number of benzene rings is 1. The largest absolute Gasteiger partial charge is 0.462 e. The minimum atomic E-state index is -3.28. The Morgan fingerprint density at radius 3 is 2.14 bits per heavy atom. The van der Waals surface area contributed by atoms with E-state index in [0.717, 1.165) is 0 Å². The van der Waals surface area contributed by atoms with Crippen molar-refractivity contribution < 1.29 is 18.6 Å². The average molecular weight is 327 g/mol. The van der Waals surface area contributed by atoms with Crippen molar-refractivity contribution >= 4 is 13.5 Å². The third-order valence-electron chi connectivity index (χ3n) is 2.95. The number of esters is 1. The Labute approximate surface area is 132 Å². The van der Waals surface area contributed by atoms with E-state index >= 15 is 0 Å². The predicted octanol–water partition coefficient (Wildman–Crippen LogP) is 3.99. The molecule has 0 unspecified atom stereocenters. The van der Waals surface area contributed by atoms with Gasteiger partial charge < -0.3 is 9.26 Å². The van der Waals surface area contributed by atoms with Gasteiger partial charge >= 0.3 is 13.5 Å². The molecular weight excluding hydrogens is 301 g/mol. The van der Waals surface area contributed by atoms with E-state index in [0.29, 0.717) is 5.75 Å². The van der Waals surface area contributed by atoms with E-state index in [4.69, 9.17) is 9.26 Å². The normalized spacial score (nSPS) is 14.7. The summed E-state index contributed by atoms with van der Waals surface area (Å²) in [5.41, 5.74) is -1.41. The van der Waals surface area contributed by atoms with Crippen LogP contribution in [-0.2, 0) is 14.1 Å². The lowest BCUT2D eigenvalue weighted by Gasteiger charge is -2.32. The van der Waals surface area contributed by atoms with Crippen molar-refractivity contribution in [1.29, 1.82) is 0 Å². The molecular formula is C16H26NO4P. The van der Waals surface area contributed by atoms with Gasteiger partial charge in [0.1, 0.15) is 11.3 Å². The van der Waals surface area contributed by atoms with Gasteiger partial charge in [0, 0.05) is 0 Å². The van der Waals surface area contributed by atoms with E-state index in [1.165, 1.54) is 0 Å². The summed E-state index contributed by atoms with van der Waals surface area (Å²) in [6.45, 7) is 10.4. The van der Waals surface area contributed by atoms with Crippen molar-refractivity contribution in [3.8, 4) is 5.75 Å². The van der Waals surface area contributed by atoms with Gasteiger partial charge in [-0.3, -0.25) is 9.36 Å². The number of carbonyl (C=O) groups excluding carboxylic acids is 1. The lowest BCUT2D eigenvalue weighted by molar-refractivity contribution is -0.153. The quantitative estimate of drug-likeness (QED) is 0.606. The van der Waals surface area contributed by atoms with E-state index in [-0.39, 0.29) is 11.8 Å². The molecule has 1 aromatic rings. The Hall–Kier alpha value is -1.32. The van der Waals surface area contributed by atoms with Crippen LogP contribution in [0.1, 0.15) is 41.5 Å². The number of hydrogen-bond donors (Lipinski definition) is 1. The summed E-state index contributed by atoms with van der Waals surface area (Å²) in [5.74, 6) is 0.0418. The van der Waals surface area contributed by atoms with Crippen molar-refractivity contribution in [2.75, 3.05) is 0 Å². The number of rotatable bonds is 7. The van der Waals surface area contributed by atoms with Crippen LogP contribution in [0.25, 0.3) is 0 Å². The average Bonchev–Trinajstić information content (AvgIpc) is 2.38. The smallest absolute Gasteiger partial charge is 0.326 e. The lowest BCUT2D eigenvalue weighted by atomic mass is 10.1. The number of para-hydroxylation sites is 1. The summed E-state index contributed by atoms with van der Waals surface area (Å²) in [4.78, 5) is 12.2. The van der Waals surface area contributed by atoms with Gasteiger partial charge in [0.05, 0.1) is 11.8 Å². The molecule has 1 N–H and O–H groups in total. The van der Waals surface area contributed by atoms with Gasteiger partial charge in [0.2, 0.25) is 0 Å². The maximum absolute atomic E-state index is 13.1. The van der Waals surface area contributed by atoms with Gasteiger partial charge in [-0.1, -0.05) is 32.0 Å². The van der Waals surface area contributed by atoms with Gasteiger partial charge in [0.15, 0.2) is 0 Å². The van der Waals surface area contributed by atoms with Crippen LogP contribution in [0.3, 0.4) is 0 Å². The molecule has 22 heavy (non-hydrogen) atoms. The van der Waals surface area contributed by atoms with Crippen LogP contribution < -0.4 is 9.61 Å². The molecule has 0 fully saturated rings. The fraction of sp³-hybridized carbons (Fsp3) is 0.562. The van der Waals surface area contributed by atoms with Gasteiger partial charge in [0.25, 0.3) is 0 Å². The zero-order chi connectivity index (χ0) is 17.0. The fourth-order valence-corrected chi connectivity index (χ4v) is 3.51. The van der Waals surface area contributed by atoms with E-state index in [1.807, 2.05) is 6.07 Å². The number of nitrogens with one attached hydrogen (secondary N) is 1. The third kappa shape index (κ3) is 5.15. The molecule has 6 heteroatoms. The van der Waals surface area contributed by atoms with Crippen molar-refractivity contribution in [3.63, 3.8) is 0 Å². The van der Waals surface area contributed by atoms with E-state index in [1.54, 1.807) is 65.8 Å². The molecule has 0 amide bonds. The fourth-order valence-electron chi connectivity index (χ4n) is 1.69. The standard InChI is InChI=1S/C16H26NO4P/c1-12(2)20-15(18)16(5,6)17-22(19,13(3)4)21-14-10-8-7-9-11-14/h7-13H,1-6H3,(H,17,19)/t22-/m1/s1. The van der Waals surface area contributed by atoms with Crippen LogP contribution in [0, 0.1) is 0 Å². The van der Waals surface area contributed by atoms with Gasteiger partial charge in [-0.05, 0) is 39.8 Å². The van der Waals surface area contributed by atoms with Crippen molar-refractivity contribution in [2.24, 2.45) is 0 Å². The van der Waals surface area contributed by atoms with E-state index < -0.39 is 19.0 Å². The van der Waals surface area contributed by atoms with Crippen LogP contribution in [0.2, 0.25) is 0 Å². The second kappa shape index (κ2) is 7.30. The second-order valence-electron chi connectivity index (χ2n) is 6.29. The molecule has 1 atom stereocenters. The minimum Gasteiger partial charge on any atom is -0.462 e. The lowest BCUT2D eigenvalue weighted by Crippen LogP contribution is -2.48. The molecule has 0 aliphatic carbocycles. The highest BCUT2D eigenvalue weighted by Gasteiger charge is 2.41. The zero-order valence-corrected chi connectivity index (χ0v) is 15.0. The van der Waals surface area contributed by atoms with Crippen LogP contribution in [-0.4, -0.2) is 23.3 Å². The molecule has 0 bridgehead atoms. The van der Waals surface area contributed by atoms with Crippen molar-refractivity contribution in [3.05, 3.63) is 30.3 Å². The number of ether oxygens (including phenoxy) is 1.